The smallest absolute Gasteiger partial charge is 0.427 e. The van der Waals surface area contributed by atoms with E-state index in [4.69, 9.17) is 14.2 Å². The Kier molecular flexibility index (Phi) is 9.28. The molecule has 0 radical (unpaired) electrons. The number of methoxy groups -OCH3 is 1. The van der Waals surface area contributed by atoms with Gasteiger partial charge in [-0.1, -0.05) is 26.2 Å². The molecule has 0 aliphatic heterocycles. The Labute approximate surface area is 137 Å². The van der Waals surface area contributed by atoms with Gasteiger partial charge in [-0.25, -0.2) is 10.2 Å². The second kappa shape index (κ2) is 11.3. The van der Waals surface area contributed by atoms with Gasteiger partial charge in [-0.3, -0.25) is 0 Å². The van der Waals surface area contributed by atoms with Crippen LogP contribution in [0.25, 0.3) is 0 Å². The molecular weight excluding hydrogens is 296 g/mol. The van der Waals surface area contributed by atoms with Gasteiger partial charge >= 0.3 is 6.09 Å². The molecule has 1 N–H and O–H groups in total. The summed E-state index contributed by atoms with van der Waals surface area (Å²) in [6.07, 6.45) is 5.57. The van der Waals surface area contributed by atoms with Crippen molar-refractivity contribution in [1.82, 2.24) is 5.43 Å². The van der Waals surface area contributed by atoms with Crippen LogP contribution in [0.2, 0.25) is 0 Å². The molecule has 0 fully saturated rings. The SMILES string of the molecule is CCCCCCOc1ccc(C=NNC(=O)OCC)cc1OC. The number of carbonyl (C=O) groups excluding carboxylic acids is 1. The number of carbonyl (C=O) groups is 1. The lowest BCUT2D eigenvalue weighted by Gasteiger charge is -2.11. The van der Waals surface area contributed by atoms with Crippen molar-refractivity contribution in [2.24, 2.45) is 5.10 Å². The van der Waals surface area contributed by atoms with Crippen LogP contribution in [0.15, 0.2) is 23.3 Å². The van der Waals surface area contributed by atoms with E-state index in [1.54, 1.807) is 20.1 Å². The number of benzene rings is 1. The number of nitrogens with one attached hydrogen (secondary N) is 1. The first-order chi connectivity index (χ1) is 11.2. The molecule has 6 heteroatoms. The molecule has 1 aromatic rings. The average Bonchev–Trinajstić information content (AvgIpc) is 2.55. The molecule has 0 aliphatic carbocycles. The molecule has 0 spiro atoms. The Hall–Kier alpha value is -2.24. The Balaban J connectivity index is 2.54. The van der Waals surface area contributed by atoms with Crippen molar-refractivity contribution in [3.8, 4) is 11.5 Å². The van der Waals surface area contributed by atoms with E-state index < -0.39 is 6.09 Å². The molecule has 0 aliphatic rings. The molecule has 0 saturated heterocycles. The molecule has 0 saturated carbocycles. The van der Waals surface area contributed by atoms with Gasteiger partial charge in [0.05, 0.1) is 26.5 Å². The van der Waals surface area contributed by atoms with Gasteiger partial charge in [0.15, 0.2) is 11.5 Å². The van der Waals surface area contributed by atoms with Gasteiger partial charge in [0, 0.05) is 0 Å². The highest BCUT2D eigenvalue weighted by Gasteiger charge is 2.05. The molecule has 1 aromatic carbocycles. The second-order valence-corrected chi connectivity index (χ2v) is 4.91. The fraction of sp³-hybridized carbons (Fsp3) is 0.529. The van der Waals surface area contributed by atoms with Crippen LogP contribution in [0.5, 0.6) is 11.5 Å². The van der Waals surface area contributed by atoms with Gasteiger partial charge in [0.1, 0.15) is 0 Å². The summed E-state index contributed by atoms with van der Waals surface area (Å²) >= 11 is 0. The third-order valence-corrected chi connectivity index (χ3v) is 3.09. The zero-order valence-corrected chi connectivity index (χ0v) is 14.1. The van der Waals surface area contributed by atoms with E-state index in [-0.39, 0.29) is 0 Å². The monoisotopic (exact) mass is 322 g/mol. The summed E-state index contributed by atoms with van der Waals surface area (Å²) < 4.78 is 15.8. The summed E-state index contributed by atoms with van der Waals surface area (Å²) in [6, 6.07) is 5.49. The minimum absolute atomic E-state index is 0.305. The third kappa shape index (κ3) is 7.54. The molecule has 128 valence electrons. The average molecular weight is 322 g/mol. The van der Waals surface area contributed by atoms with E-state index in [2.05, 4.69) is 17.5 Å². The molecule has 0 atom stereocenters. The number of unbranched alkanes of at least 4 members (excludes halogenated alkanes) is 3. The number of nitrogens with zero attached hydrogens (tertiary/aromatic N) is 1. The lowest BCUT2D eigenvalue weighted by molar-refractivity contribution is 0.152. The Morgan fingerprint density at radius 2 is 2.04 bits per heavy atom. The van der Waals surface area contributed by atoms with Crippen LogP contribution in [-0.2, 0) is 4.74 Å². The molecular formula is C17H26N2O4. The zero-order valence-electron chi connectivity index (χ0n) is 14.1. The van der Waals surface area contributed by atoms with E-state index in [1.807, 2.05) is 12.1 Å². The van der Waals surface area contributed by atoms with Crippen LogP contribution in [0.3, 0.4) is 0 Å². The van der Waals surface area contributed by atoms with Gasteiger partial charge in [0.25, 0.3) is 0 Å². The van der Waals surface area contributed by atoms with Gasteiger partial charge in [0.2, 0.25) is 0 Å². The summed E-state index contributed by atoms with van der Waals surface area (Å²) in [4.78, 5) is 11.1. The van der Waals surface area contributed by atoms with Crippen molar-refractivity contribution in [1.29, 1.82) is 0 Å². The maximum atomic E-state index is 11.1. The summed E-state index contributed by atoms with van der Waals surface area (Å²) in [6.45, 7) is 4.89. The molecule has 0 aromatic heterocycles. The fourth-order valence-corrected chi connectivity index (χ4v) is 1.92. The van der Waals surface area contributed by atoms with Crippen molar-refractivity contribution in [2.75, 3.05) is 20.3 Å². The zero-order chi connectivity index (χ0) is 16.9. The molecule has 1 amide bonds. The Morgan fingerprint density at radius 1 is 1.22 bits per heavy atom. The lowest BCUT2D eigenvalue weighted by Crippen LogP contribution is -2.18. The van der Waals surface area contributed by atoms with E-state index in [0.29, 0.717) is 24.7 Å². The van der Waals surface area contributed by atoms with Crippen LogP contribution < -0.4 is 14.9 Å². The number of ether oxygens (including phenoxy) is 3. The van der Waals surface area contributed by atoms with Crippen molar-refractivity contribution in [2.45, 2.75) is 39.5 Å². The summed E-state index contributed by atoms with van der Waals surface area (Å²) in [5, 5.41) is 3.82. The predicted molar refractivity (Wildman–Crippen MR) is 90.4 cm³/mol. The van der Waals surface area contributed by atoms with Gasteiger partial charge < -0.3 is 14.2 Å². The summed E-state index contributed by atoms with van der Waals surface area (Å²) in [5.41, 5.74) is 3.06. The Bertz CT molecular complexity index is 503. The molecule has 0 heterocycles. The molecule has 0 unspecified atom stereocenters. The van der Waals surface area contributed by atoms with Gasteiger partial charge in [-0.15, -0.1) is 0 Å². The number of amides is 1. The van der Waals surface area contributed by atoms with Crippen molar-refractivity contribution >= 4 is 12.3 Å². The van der Waals surface area contributed by atoms with Gasteiger partial charge in [-0.05, 0) is 37.1 Å². The van der Waals surface area contributed by atoms with Crippen LogP contribution in [-0.4, -0.2) is 32.6 Å². The van der Waals surface area contributed by atoms with Crippen molar-refractivity contribution in [3.63, 3.8) is 0 Å². The molecule has 6 nitrogen and oxygen atoms in total. The third-order valence-electron chi connectivity index (χ3n) is 3.09. The number of rotatable bonds is 10. The predicted octanol–water partition coefficient (Wildman–Crippen LogP) is 3.73. The highest BCUT2D eigenvalue weighted by atomic mass is 16.5. The van der Waals surface area contributed by atoms with Gasteiger partial charge in [-0.2, -0.15) is 5.10 Å². The molecule has 0 bridgehead atoms. The number of hydrazone groups is 1. The fourth-order valence-electron chi connectivity index (χ4n) is 1.92. The minimum Gasteiger partial charge on any atom is -0.493 e. The van der Waals surface area contributed by atoms with Crippen LogP contribution in [0, 0.1) is 0 Å². The maximum absolute atomic E-state index is 11.1. The number of hydrogen-bond acceptors (Lipinski definition) is 5. The van der Waals surface area contributed by atoms with E-state index >= 15 is 0 Å². The largest absolute Gasteiger partial charge is 0.493 e. The van der Waals surface area contributed by atoms with Crippen molar-refractivity contribution < 1.29 is 19.0 Å². The first-order valence-electron chi connectivity index (χ1n) is 7.97. The quantitative estimate of drug-likeness (QED) is 0.405. The van der Waals surface area contributed by atoms with E-state index in [0.717, 1.165) is 12.0 Å². The summed E-state index contributed by atoms with van der Waals surface area (Å²) in [7, 11) is 1.59. The standard InChI is InChI=1S/C17H26N2O4/c1-4-6-7-8-11-23-15-10-9-14(12-16(15)21-3)13-18-19-17(20)22-5-2/h9-10,12-13H,4-8,11H2,1-3H3,(H,19,20). The van der Waals surface area contributed by atoms with Crippen LogP contribution >= 0.6 is 0 Å². The highest BCUT2D eigenvalue weighted by Crippen LogP contribution is 2.27. The Morgan fingerprint density at radius 3 is 2.74 bits per heavy atom. The molecule has 23 heavy (non-hydrogen) atoms. The minimum atomic E-state index is -0.581. The first kappa shape index (κ1) is 18.8. The highest BCUT2D eigenvalue weighted by molar-refractivity contribution is 5.82. The van der Waals surface area contributed by atoms with Crippen LogP contribution in [0.4, 0.5) is 4.79 Å². The lowest BCUT2D eigenvalue weighted by atomic mass is 10.2. The van der Waals surface area contributed by atoms with Crippen molar-refractivity contribution in [3.05, 3.63) is 23.8 Å². The van der Waals surface area contributed by atoms with E-state index in [1.165, 1.54) is 25.5 Å². The van der Waals surface area contributed by atoms with E-state index in [9.17, 15) is 4.79 Å². The maximum Gasteiger partial charge on any atom is 0.427 e. The second-order valence-electron chi connectivity index (χ2n) is 4.91. The number of hydrogen-bond donors (Lipinski definition) is 1. The topological polar surface area (TPSA) is 69.2 Å². The summed E-state index contributed by atoms with van der Waals surface area (Å²) in [5.74, 6) is 1.35. The first-order valence-corrected chi connectivity index (χ1v) is 7.97. The molecule has 1 rings (SSSR count). The normalized spacial score (nSPS) is 10.6. The van der Waals surface area contributed by atoms with Crippen LogP contribution in [0.1, 0.15) is 45.1 Å².